The van der Waals surface area contributed by atoms with Crippen LogP contribution in [0.2, 0.25) is 0 Å². The number of hydrogen-bond donors (Lipinski definition) is 2. The Hall–Kier alpha value is -2.17. The minimum atomic E-state index is -3.50. The van der Waals surface area contributed by atoms with E-state index in [4.69, 9.17) is 5.26 Å². The number of rotatable bonds is 5. The zero-order valence-electron chi connectivity index (χ0n) is 10.9. The lowest BCUT2D eigenvalue weighted by Gasteiger charge is -2.12. The molecule has 0 bridgehead atoms. The third-order valence-electron chi connectivity index (χ3n) is 2.70. The minimum Gasteiger partial charge on any atom is -0.347 e. The molecule has 0 saturated carbocycles. The molecule has 1 aromatic carbocycles. The Labute approximate surface area is 117 Å². The van der Waals surface area contributed by atoms with Gasteiger partial charge in [-0.15, -0.1) is 0 Å². The summed E-state index contributed by atoms with van der Waals surface area (Å²) in [6.07, 6.45) is 3.20. The van der Waals surface area contributed by atoms with E-state index in [0.29, 0.717) is 17.0 Å². The van der Waals surface area contributed by atoms with Gasteiger partial charge >= 0.3 is 0 Å². The third kappa shape index (κ3) is 3.66. The Morgan fingerprint density at radius 1 is 1.50 bits per heavy atom. The lowest BCUT2D eigenvalue weighted by Crippen LogP contribution is -2.28. The number of sulfonamides is 1. The summed E-state index contributed by atoms with van der Waals surface area (Å²) in [4.78, 5) is 6.87. The highest BCUT2D eigenvalue weighted by Crippen LogP contribution is 2.12. The molecule has 0 fully saturated rings. The normalized spacial score (nSPS) is 12.8. The number of nitriles is 1. The first-order chi connectivity index (χ1) is 9.50. The highest BCUT2D eigenvalue weighted by atomic mass is 32.2. The average molecular weight is 290 g/mol. The van der Waals surface area contributed by atoms with Crippen LogP contribution in [-0.4, -0.2) is 18.4 Å². The van der Waals surface area contributed by atoms with Gasteiger partial charge in [0.25, 0.3) is 0 Å². The van der Waals surface area contributed by atoms with Crippen LogP contribution in [0.25, 0.3) is 0 Å². The first-order valence-corrected chi connectivity index (χ1v) is 7.64. The maximum Gasteiger partial charge on any atom is 0.216 e. The van der Waals surface area contributed by atoms with E-state index >= 15 is 0 Å². The Balaban J connectivity index is 2.09. The van der Waals surface area contributed by atoms with E-state index in [1.807, 2.05) is 6.07 Å². The van der Waals surface area contributed by atoms with E-state index in [-0.39, 0.29) is 5.75 Å². The van der Waals surface area contributed by atoms with Crippen LogP contribution in [0.4, 0.5) is 0 Å². The number of aromatic amines is 1. The number of hydrogen-bond acceptors (Lipinski definition) is 4. The minimum absolute atomic E-state index is 0.173. The fraction of sp³-hybridized carbons (Fsp3) is 0.231. The van der Waals surface area contributed by atoms with Crippen LogP contribution in [0.3, 0.4) is 0 Å². The molecule has 20 heavy (non-hydrogen) atoms. The van der Waals surface area contributed by atoms with E-state index in [1.54, 1.807) is 43.6 Å². The second-order valence-electron chi connectivity index (χ2n) is 4.39. The highest BCUT2D eigenvalue weighted by Gasteiger charge is 2.18. The molecule has 104 valence electrons. The number of nitrogens with one attached hydrogen (secondary N) is 2. The maximum atomic E-state index is 12.1. The van der Waals surface area contributed by atoms with Gasteiger partial charge in [-0.3, -0.25) is 0 Å². The van der Waals surface area contributed by atoms with Crippen LogP contribution >= 0.6 is 0 Å². The number of benzene rings is 1. The van der Waals surface area contributed by atoms with Crippen LogP contribution in [0.5, 0.6) is 0 Å². The molecule has 2 N–H and O–H groups in total. The van der Waals surface area contributed by atoms with Gasteiger partial charge in [-0.05, 0) is 24.6 Å². The summed E-state index contributed by atoms with van der Waals surface area (Å²) in [5.41, 5.74) is 1.01. The molecule has 0 spiro atoms. The monoisotopic (exact) mass is 290 g/mol. The summed E-state index contributed by atoms with van der Waals surface area (Å²) in [5, 5.41) is 8.80. The van der Waals surface area contributed by atoms with E-state index in [2.05, 4.69) is 14.7 Å². The van der Waals surface area contributed by atoms with E-state index in [0.717, 1.165) is 0 Å². The lowest BCUT2D eigenvalue weighted by molar-refractivity contribution is 0.560. The van der Waals surface area contributed by atoms with Crippen molar-refractivity contribution in [2.24, 2.45) is 0 Å². The first kappa shape index (κ1) is 14.2. The Morgan fingerprint density at radius 2 is 2.30 bits per heavy atom. The van der Waals surface area contributed by atoms with Crippen LogP contribution in [0.1, 0.15) is 29.9 Å². The number of H-pyrrole nitrogens is 1. The molecule has 1 unspecified atom stereocenters. The third-order valence-corrected chi connectivity index (χ3v) is 4.12. The molecule has 6 nitrogen and oxygen atoms in total. The molecule has 1 atom stereocenters. The van der Waals surface area contributed by atoms with Gasteiger partial charge in [-0.1, -0.05) is 12.1 Å². The topological polar surface area (TPSA) is 98.6 Å². The van der Waals surface area contributed by atoms with Crippen molar-refractivity contribution in [2.45, 2.75) is 18.7 Å². The largest absolute Gasteiger partial charge is 0.347 e. The van der Waals surface area contributed by atoms with Crippen molar-refractivity contribution in [1.82, 2.24) is 14.7 Å². The number of imidazole rings is 1. The molecule has 2 rings (SSSR count). The molecular formula is C13H14N4O2S. The molecular weight excluding hydrogens is 276 g/mol. The van der Waals surface area contributed by atoms with Crippen LogP contribution in [-0.2, 0) is 15.8 Å². The van der Waals surface area contributed by atoms with Crippen LogP contribution < -0.4 is 4.72 Å². The molecule has 0 aliphatic rings. The molecule has 0 amide bonds. The quantitative estimate of drug-likeness (QED) is 0.870. The number of nitrogens with zero attached hydrogens (tertiary/aromatic N) is 2. The summed E-state index contributed by atoms with van der Waals surface area (Å²) in [6, 6.07) is 8.09. The van der Waals surface area contributed by atoms with Gasteiger partial charge < -0.3 is 4.98 Å². The van der Waals surface area contributed by atoms with Gasteiger partial charge in [0.1, 0.15) is 5.82 Å². The average Bonchev–Trinajstić information content (AvgIpc) is 2.91. The smallest absolute Gasteiger partial charge is 0.216 e. The second kappa shape index (κ2) is 5.86. The maximum absolute atomic E-state index is 12.1. The van der Waals surface area contributed by atoms with Crippen molar-refractivity contribution in [1.29, 1.82) is 5.26 Å². The lowest BCUT2D eigenvalue weighted by atomic mass is 10.2. The van der Waals surface area contributed by atoms with E-state index in [1.165, 1.54) is 0 Å². The summed E-state index contributed by atoms with van der Waals surface area (Å²) in [7, 11) is -3.50. The van der Waals surface area contributed by atoms with Crippen molar-refractivity contribution in [3.63, 3.8) is 0 Å². The fourth-order valence-corrected chi connectivity index (χ4v) is 3.18. The number of aromatic nitrogens is 2. The molecule has 1 aromatic heterocycles. The molecule has 0 radical (unpaired) electrons. The Bertz CT molecular complexity index is 717. The van der Waals surface area contributed by atoms with Gasteiger partial charge in [0.2, 0.25) is 10.0 Å². The summed E-state index contributed by atoms with van der Waals surface area (Å²) < 4.78 is 26.7. The summed E-state index contributed by atoms with van der Waals surface area (Å²) >= 11 is 0. The summed E-state index contributed by atoms with van der Waals surface area (Å²) in [5.74, 6) is 0.382. The van der Waals surface area contributed by atoms with E-state index in [9.17, 15) is 8.42 Å². The highest BCUT2D eigenvalue weighted by molar-refractivity contribution is 7.88. The van der Waals surface area contributed by atoms with Crippen molar-refractivity contribution in [3.05, 3.63) is 53.6 Å². The SMILES string of the molecule is CC(NS(=O)(=O)Cc1cccc(C#N)c1)c1ncc[nH]1. The standard InChI is InChI=1S/C13H14N4O2S/c1-10(13-15-5-6-16-13)17-20(18,19)9-12-4-2-3-11(7-12)8-14/h2-7,10,17H,9H2,1H3,(H,15,16). The van der Waals surface area contributed by atoms with Crippen LogP contribution in [0, 0.1) is 11.3 Å². The second-order valence-corrected chi connectivity index (χ2v) is 6.14. The van der Waals surface area contributed by atoms with Gasteiger partial charge in [0.05, 0.1) is 23.4 Å². The molecule has 1 heterocycles. The van der Waals surface area contributed by atoms with E-state index < -0.39 is 16.1 Å². The summed E-state index contributed by atoms with van der Waals surface area (Å²) in [6.45, 7) is 1.71. The predicted octanol–water partition coefficient (Wildman–Crippen LogP) is 1.46. The van der Waals surface area contributed by atoms with Gasteiger partial charge in [0, 0.05) is 12.4 Å². The predicted molar refractivity (Wildman–Crippen MR) is 73.9 cm³/mol. The van der Waals surface area contributed by atoms with Crippen molar-refractivity contribution < 1.29 is 8.42 Å². The molecule has 2 aromatic rings. The van der Waals surface area contributed by atoms with Gasteiger partial charge in [-0.25, -0.2) is 18.1 Å². The zero-order chi connectivity index (χ0) is 14.6. The molecule has 7 heteroatoms. The van der Waals surface area contributed by atoms with Gasteiger partial charge in [-0.2, -0.15) is 5.26 Å². The molecule has 0 aliphatic carbocycles. The van der Waals surface area contributed by atoms with Crippen molar-refractivity contribution in [3.8, 4) is 6.07 Å². The molecule has 0 aliphatic heterocycles. The van der Waals surface area contributed by atoms with Gasteiger partial charge in [0.15, 0.2) is 0 Å². The van der Waals surface area contributed by atoms with Crippen LogP contribution in [0.15, 0.2) is 36.7 Å². The Morgan fingerprint density at radius 3 is 2.95 bits per heavy atom. The first-order valence-electron chi connectivity index (χ1n) is 5.98. The molecule has 0 saturated heterocycles. The zero-order valence-corrected chi connectivity index (χ0v) is 11.7. The Kier molecular flexibility index (Phi) is 4.17. The van der Waals surface area contributed by atoms with Crippen molar-refractivity contribution >= 4 is 10.0 Å². The van der Waals surface area contributed by atoms with Crippen molar-refractivity contribution in [2.75, 3.05) is 0 Å². The fourth-order valence-electron chi connectivity index (χ4n) is 1.83.